The van der Waals surface area contributed by atoms with Crippen LogP contribution in [0.25, 0.3) is 4.96 Å². The van der Waals surface area contributed by atoms with Gasteiger partial charge in [0, 0.05) is 50.1 Å². The molecule has 1 fully saturated rings. The van der Waals surface area contributed by atoms with Gasteiger partial charge in [0.2, 0.25) is 0 Å². The average Bonchev–Trinajstić information content (AvgIpc) is 3.42. The van der Waals surface area contributed by atoms with Crippen molar-refractivity contribution in [2.24, 2.45) is 0 Å². The summed E-state index contributed by atoms with van der Waals surface area (Å²) in [5.74, 6) is 0.000953. The van der Waals surface area contributed by atoms with E-state index in [2.05, 4.69) is 21.3 Å². The maximum Gasteiger partial charge on any atom is 0.274 e. The number of likely N-dealkylation sites (N-methyl/N-ethyl adjacent to an activating group) is 1. The molecule has 9 heteroatoms. The second kappa shape index (κ2) is 8.64. The highest BCUT2D eigenvalue weighted by Crippen LogP contribution is 2.22. The Kier molecular flexibility index (Phi) is 5.98. The fourth-order valence-corrected chi connectivity index (χ4v) is 4.62. The number of hydrogen-bond donors (Lipinski definition) is 0. The van der Waals surface area contributed by atoms with Crippen molar-refractivity contribution in [2.45, 2.75) is 46.1 Å². The van der Waals surface area contributed by atoms with E-state index >= 15 is 0 Å². The third-order valence-electron chi connectivity index (χ3n) is 5.30. The normalized spacial score (nSPS) is 20.1. The van der Waals surface area contributed by atoms with Crippen LogP contribution in [0, 0.1) is 0 Å². The van der Waals surface area contributed by atoms with E-state index in [0.717, 1.165) is 30.3 Å². The van der Waals surface area contributed by atoms with E-state index in [-0.39, 0.29) is 18.1 Å². The number of nitrogens with zero attached hydrogens (tertiary/aromatic N) is 6. The minimum atomic E-state index is 0.000953. The van der Waals surface area contributed by atoms with Crippen LogP contribution in [0.1, 0.15) is 37.0 Å². The third kappa shape index (κ3) is 4.36. The first-order valence-corrected chi connectivity index (χ1v) is 11.0. The SMILES string of the molecule is CCN(CCn1cccn1)Cc1c(C(=O)N2C[C@@H](C)O[C@@H](C)C2)nc2sccn12. The molecule has 1 saturated heterocycles. The number of amides is 1. The van der Waals surface area contributed by atoms with Gasteiger partial charge in [-0.25, -0.2) is 4.98 Å². The van der Waals surface area contributed by atoms with Crippen molar-refractivity contribution in [3.05, 3.63) is 41.4 Å². The summed E-state index contributed by atoms with van der Waals surface area (Å²) in [6.45, 7) is 10.6. The van der Waals surface area contributed by atoms with Crippen molar-refractivity contribution in [3.8, 4) is 0 Å². The lowest BCUT2D eigenvalue weighted by molar-refractivity contribution is -0.0587. The summed E-state index contributed by atoms with van der Waals surface area (Å²) in [5.41, 5.74) is 1.52. The Bertz CT molecular complexity index is 940. The summed E-state index contributed by atoms with van der Waals surface area (Å²) in [7, 11) is 0. The van der Waals surface area contributed by atoms with Crippen molar-refractivity contribution < 1.29 is 9.53 Å². The van der Waals surface area contributed by atoms with Gasteiger partial charge in [0.05, 0.1) is 24.4 Å². The number of rotatable bonds is 7. The largest absolute Gasteiger partial charge is 0.372 e. The van der Waals surface area contributed by atoms with Gasteiger partial charge in [-0.2, -0.15) is 5.10 Å². The van der Waals surface area contributed by atoms with E-state index < -0.39 is 0 Å². The standard InChI is InChI=1S/C20H28N6O2S/c1-4-23(8-9-25-7-5-6-21-25)14-17-18(22-20-26(17)10-11-29-20)19(27)24-12-15(2)28-16(3)13-24/h5-7,10-11,15-16H,4,8-9,12-14H2,1-3H3/t15-,16+. The van der Waals surface area contributed by atoms with Gasteiger partial charge in [0.25, 0.3) is 5.91 Å². The molecule has 0 saturated carbocycles. The minimum absolute atomic E-state index is 0.000953. The molecule has 0 radical (unpaired) electrons. The van der Waals surface area contributed by atoms with Crippen molar-refractivity contribution in [2.75, 3.05) is 26.2 Å². The predicted octanol–water partition coefficient (Wildman–Crippen LogP) is 2.36. The molecule has 1 aliphatic rings. The van der Waals surface area contributed by atoms with Gasteiger partial charge in [0.1, 0.15) is 0 Å². The zero-order valence-electron chi connectivity index (χ0n) is 17.2. The number of thiazole rings is 1. The lowest BCUT2D eigenvalue weighted by Crippen LogP contribution is -2.48. The summed E-state index contributed by atoms with van der Waals surface area (Å²) < 4.78 is 9.78. The molecular weight excluding hydrogens is 388 g/mol. The van der Waals surface area contributed by atoms with Crippen LogP contribution in [0.3, 0.4) is 0 Å². The third-order valence-corrected chi connectivity index (χ3v) is 6.05. The minimum Gasteiger partial charge on any atom is -0.372 e. The molecule has 3 aromatic rings. The molecule has 1 aliphatic heterocycles. The first kappa shape index (κ1) is 20.1. The maximum atomic E-state index is 13.4. The lowest BCUT2D eigenvalue weighted by atomic mass is 10.2. The molecule has 1 amide bonds. The van der Waals surface area contributed by atoms with E-state index in [1.807, 2.05) is 47.3 Å². The number of imidazole rings is 1. The summed E-state index contributed by atoms with van der Waals surface area (Å²) in [4.78, 5) is 23.1. The van der Waals surface area contributed by atoms with Gasteiger partial charge in [0.15, 0.2) is 10.7 Å². The number of morpholine rings is 1. The molecule has 8 nitrogen and oxygen atoms in total. The number of fused-ring (bicyclic) bond motifs is 1. The van der Waals surface area contributed by atoms with Crippen molar-refractivity contribution in [1.82, 2.24) is 29.0 Å². The number of carbonyl (C=O) groups excluding carboxylic acids is 1. The highest BCUT2D eigenvalue weighted by molar-refractivity contribution is 7.15. The molecule has 0 spiro atoms. The number of carbonyl (C=O) groups is 1. The topological polar surface area (TPSA) is 67.9 Å². The molecule has 156 valence electrons. The Morgan fingerprint density at radius 1 is 1.31 bits per heavy atom. The molecule has 4 rings (SSSR count). The van der Waals surface area contributed by atoms with Gasteiger partial charge in [-0.1, -0.05) is 6.92 Å². The van der Waals surface area contributed by atoms with E-state index in [9.17, 15) is 4.79 Å². The second-order valence-corrected chi connectivity index (χ2v) is 8.44. The maximum absolute atomic E-state index is 13.4. The van der Waals surface area contributed by atoms with Crippen LogP contribution in [-0.4, -0.2) is 73.3 Å². The van der Waals surface area contributed by atoms with Crippen LogP contribution in [0.5, 0.6) is 0 Å². The molecule has 0 aromatic carbocycles. The van der Waals surface area contributed by atoms with Gasteiger partial charge in [-0.05, 0) is 26.5 Å². The van der Waals surface area contributed by atoms with E-state index in [4.69, 9.17) is 9.72 Å². The smallest absolute Gasteiger partial charge is 0.274 e. The Labute approximate surface area is 174 Å². The molecule has 0 unspecified atom stereocenters. The van der Waals surface area contributed by atoms with Crippen LogP contribution in [-0.2, 0) is 17.8 Å². The van der Waals surface area contributed by atoms with Crippen LogP contribution in [0.4, 0.5) is 0 Å². The lowest BCUT2D eigenvalue weighted by Gasteiger charge is -2.35. The molecule has 29 heavy (non-hydrogen) atoms. The Morgan fingerprint density at radius 3 is 2.79 bits per heavy atom. The van der Waals surface area contributed by atoms with E-state index in [0.29, 0.717) is 25.3 Å². The molecule has 4 heterocycles. The zero-order valence-corrected chi connectivity index (χ0v) is 18.0. The van der Waals surface area contributed by atoms with E-state index in [1.165, 1.54) is 0 Å². The van der Waals surface area contributed by atoms with Gasteiger partial charge in [-0.3, -0.25) is 18.8 Å². The van der Waals surface area contributed by atoms with Crippen molar-refractivity contribution in [3.63, 3.8) is 0 Å². The number of aromatic nitrogens is 4. The fourth-order valence-electron chi connectivity index (χ4n) is 3.89. The van der Waals surface area contributed by atoms with Crippen LogP contribution in [0.2, 0.25) is 0 Å². The fraction of sp³-hybridized carbons (Fsp3) is 0.550. The molecule has 0 N–H and O–H groups in total. The predicted molar refractivity (Wildman–Crippen MR) is 112 cm³/mol. The van der Waals surface area contributed by atoms with Gasteiger partial charge in [-0.15, -0.1) is 11.3 Å². The summed E-state index contributed by atoms with van der Waals surface area (Å²) >= 11 is 1.56. The zero-order chi connectivity index (χ0) is 20.4. The average molecular weight is 417 g/mol. The Morgan fingerprint density at radius 2 is 2.10 bits per heavy atom. The van der Waals surface area contributed by atoms with Crippen LogP contribution >= 0.6 is 11.3 Å². The van der Waals surface area contributed by atoms with Crippen molar-refractivity contribution in [1.29, 1.82) is 0 Å². The summed E-state index contributed by atoms with van der Waals surface area (Å²) in [6.07, 6.45) is 5.85. The second-order valence-electron chi connectivity index (χ2n) is 7.57. The molecule has 2 atom stereocenters. The molecular formula is C20H28N6O2S. The summed E-state index contributed by atoms with van der Waals surface area (Å²) in [6, 6.07) is 1.93. The Balaban J connectivity index is 1.56. The highest BCUT2D eigenvalue weighted by atomic mass is 32.1. The highest BCUT2D eigenvalue weighted by Gasteiger charge is 2.30. The molecule has 3 aromatic heterocycles. The van der Waals surface area contributed by atoms with Gasteiger partial charge >= 0.3 is 0 Å². The molecule has 0 aliphatic carbocycles. The first-order chi connectivity index (χ1) is 14.0. The van der Waals surface area contributed by atoms with Crippen LogP contribution in [0.15, 0.2) is 30.0 Å². The number of hydrogen-bond acceptors (Lipinski definition) is 6. The molecule has 0 bridgehead atoms. The summed E-state index contributed by atoms with van der Waals surface area (Å²) in [5, 5.41) is 6.30. The number of ether oxygens (including phenoxy) is 1. The van der Waals surface area contributed by atoms with Crippen LogP contribution < -0.4 is 0 Å². The Hall–Kier alpha value is -2.23. The van der Waals surface area contributed by atoms with Gasteiger partial charge < -0.3 is 9.64 Å². The monoisotopic (exact) mass is 416 g/mol. The van der Waals surface area contributed by atoms with Crippen molar-refractivity contribution >= 4 is 22.2 Å². The van der Waals surface area contributed by atoms with E-state index in [1.54, 1.807) is 17.5 Å². The quantitative estimate of drug-likeness (QED) is 0.592. The first-order valence-electron chi connectivity index (χ1n) is 10.1.